The Morgan fingerprint density at radius 2 is 1.75 bits per heavy atom. The molecule has 1 saturated heterocycles. The first kappa shape index (κ1) is 23.5. The summed E-state index contributed by atoms with van der Waals surface area (Å²) in [5.41, 5.74) is 7.25. The van der Waals surface area contributed by atoms with Crippen LogP contribution < -0.4 is 5.73 Å². The van der Waals surface area contributed by atoms with Gasteiger partial charge in [0.25, 0.3) is 0 Å². The number of halogens is 3. The number of hydrogen-bond donors (Lipinski definition) is 1. The van der Waals surface area contributed by atoms with E-state index in [0.717, 1.165) is 44.2 Å². The van der Waals surface area contributed by atoms with Crippen molar-refractivity contribution in [1.82, 2.24) is 9.80 Å². The van der Waals surface area contributed by atoms with Gasteiger partial charge in [0.15, 0.2) is 0 Å². The van der Waals surface area contributed by atoms with Crippen molar-refractivity contribution in [3.05, 3.63) is 34.9 Å². The Bertz CT molecular complexity index is 496. The van der Waals surface area contributed by atoms with E-state index in [1.165, 1.54) is 5.56 Å². The standard InChI is InChI=1S/C17H26ClN3O.2ClH/c1-13(2)16(19)17(22)21-9-3-8-20(10-11-21)12-14-4-6-15(18)7-5-14;;/h4-7,13,16H,3,8-12,19H2,1-2H3;2*1H/t16-;;/m0../s1. The van der Waals surface area contributed by atoms with Crippen LogP contribution in [0.3, 0.4) is 0 Å². The molecule has 1 aromatic rings. The summed E-state index contributed by atoms with van der Waals surface area (Å²) in [6.07, 6.45) is 0.990. The molecule has 7 heteroatoms. The zero-order valence-electron chi connectivity index (χ0n) is 14.3. The number of rotatable bonds is 4. The maximum Gasteiger partial charge on any atom is 0.239 e. The Morgan fingerprint density at radius 1 is 1.12 bits per heavy atom. The predicted octanol–water partition coefficient (Wildman–Crippen LogP) is 3.20. The molecule has 1 heterocycles. The van der Waals surface area contributed by atoms with Gasteiger partial charge in [-0.05, 0) is 30.0 Å². The van der Waals surface area contributed by atoms with E-state index >= 15 is 0 Å². The van der Waals surface area contributed by atoms with Crippen LogP contribution in [-0.2, 0) is 11.3 Å². The first-order valence-corrected chi connectivity index (χ1v) is 8.36. The Kier molecular flexibility index (Phi) is 10.9. The smallest absolute Gasteiger partial charge is 0.239 e. The third kappa shape index (κ3) is 6.77. The molecule has 4 nitrogen and oxygen atoms in total. The second-order valence-electron chi connectivity index (χ2n) is 6.35. The van der Waals surface area contributed by atoms with Crippen LogP contribution >= 0.6 is 36.4 Å². The summed E-state index contributed by atoms with van der Waals surface area (Å²) in [7, 11) is 0. The van der Waals surface area contributed by atoms with Crippen LogP contribution in [0, 0.1) is 5.92 Å². The number of hydrogen-bond acceptors (Lipinski definition) is 3. The van der Waals surface area contributed by atoms with Crippen molar-refractivity contribution in [3.63, 3.8) is 0 Å². The van der Waals surface area contributed by atoms with Gasteiger partial charge in [-0.3, -0.25) is 9.69 Å². The fourth-order valence-electron chi connectivity index (χ4n) is 2.69. The average Bonchev–Trinajstić information content (AvgIpc) is 2.73. The summed E-state index contributed by atoms with van der Waals surface area (Å²) in [5.74, 6) is 0.268. The maximum absolute atomic E-state index is 12.4. The predicted molar refractivity (Wildman–Crippen MR) is 105 cm³/mol. The van der Waals surface area contributed by atoms with E-state index in [1.807, 2.05) is 30.9 Å². The molecule has 1 aliphatic rings. The fourth-order valence-corrected chi connectivity index (χ4v) is 2.82. The summed E-state index contributed by atoms with van der Waals surface area (Å²) in [5, 5.41) is 0.763. The number of carbonyl (C=O) groups is 1. The summed E-state index contributed by atoms with van der Waals surface area (Å²) < 4.78 is 0. The van der Waals surface area contributed by atoms with Crippen molar-refractivity contribution in [2.75, 3.05) is 26.2 Å². The van der Waals surface area contributed by atoms with Crippen molar-refractivity contribution in [1.29, 1.82) is 0 Å². The van der Waals surface area contributed by atoms with E-state index < -0.39 is 0 Å². The minimum atomic E-state index is -0.386. The zero-order valence-corrected chi connectivity index (χ0v) is 16.7. The van der Waals surface area contributed by atoms with Crippen LogP contribution in [0.5, 0.6) is 0 Å². The molecule has 0 saturated carbocycles. The number of nitrogens with zero attached hydrogens (tertiary/aromatic N) is 2. The highest BCUT2D eigenvalue weighted by Gasteiger charge is 2.25. The first-order chi connectivity index (χ1) is 10.5. The van der Waals surface area contributed by atoms with Gasteiger partial charge < -0.3 is 10.6 Å². The van der Waals surface area contributed by atoms with E-state index in [2.05, 4.69) is 17.0 Å². The van der Waals surface area contributed by atoms with Gasteiger partial charge in [0.05, 0.1) is 6.04 Å². The highest BCUT2D eigenvalue weighted by molar-refractivity contribution is 6.30. The molecule has 0 spiro atoms. The van der Waals surface area contributed by atoms with E-state index in [9.17, 15) is 4.79 Å². The first-order valence-electron chi connectivity index (χ1n) is 7.98. The molecule has 138 valence electrons. The van der Waals surface area contributed by atoms with Gasteiger partial charge in [0.2, 0.25) is 5.91 Å². The third-order valence-electron chi connectivity index (χ3n) is 4.22. The lowest BCUT2D eigenvalue weighted by molar-refractivity contribution is -0.133. The number of carbonyl (C=O) groups excluding carboxylic acids is 1. The molecule has 0 bridgehead atoms. The molecular weight excluding hydrogens is 369 g/mol. The molecule has 1 amide bonds. The van der Waals surface area contributed by atoms with Gasteiger partial charge in [0, 0.05) is 37.7 Å². The summed E-state index contributed by atoms with van der Waals surface area (Å²) in [6, 6.07) is 7.58. The quantitative estimate of drug-likeness (QED) is 0.850. The van der Waals surface area contributed by atoms with Gasteiger partial charge in [-0.15, -0.1) is 24.8 Å². The third-order valence-corrected chi connectivity index (χ3v) is 4.47. The van der Waals surface area contributed by atoms with Gasteiger partial charge in [-0.1, -0.05) is 37.6 Å². The highest BCUT2D eigenvalue weighted by Crippen LogP contribution is 2.14. The minimum absolute atomic E-state index is 0. The fraction of sp³-hybridized carbons (Fsp3) is 0.588. The second-order valence-corrected chi connectivity index (χ2v) is 6.79. The normalized spacial score (nSPS) is 16.8. The van der Waals surface area contributed by atoms with Crippen LogP contribution in [0.25, 0.3) is 0 Å². The molecule has 0 radical (unpaired) electrons. The number of nitrogens with two attached hydrogens (primary N) is 1. The van der Waals surface area contributed by atoms with E-state index in [1.54, 1.807) is 0 Å². The second kappa shape index (κ2) is 11.2. The van der Waals surface area contributed by atoms with E-state index in [0.29, 0.717) is 0 Å². The zero-order chi connectivity index (χ0) is 16.1. The number of amides is 1. The van der Waals surface area contributed by atoms with Crippen molar-refractivity contribution in [2.45, 2.75) is 32.9 Å². The topological polar surface area (TPSA) is 49.6 Å². The Labute approximate surface area is 162 Å². The average molecular weight is 397 g/mol. The van der Waals surface area contributed by atoms with E-state index in [4.69, 9.17) is 17.3 Å². The lowest BCUT2D eigenvalue weighted by atomic mass is 10.0. The lowest BCUT2D eigenvalue weighted by Crippen LogP contribution is -2.47. The summed E-state index contributed by atoms with van der Waals surface area (Å²) in [4.78, 5) is 16.7. The summed E-state index contributed by atoms with van der Waals surface area (Å²) >= 11 is 5.92. The van der Waals surface area contributed by atoms with Gasteiger partial charge >= 0.3 is 0 Å². The molecule has 2 rings (SSSR count). The van der Waals surface area contributed by atoms with Gasteiger partial charge in [0.1, 0.15) is 0 Å². The molecule has 1 atom stereocenters. The van der Waals surface area contributed by atoms with E-state index in [-0.39, 0.29) is 42.7 Å². The SMILES string of the molecule is CC(C)[C@H](N)C(=O)N1CCCN(Cc2ccc(Cl)cc2)CC1.Cl.Cl. The van der Waals surface area contributed by atoms with Crippen LogP contribution in [0.2, 0.25) is 5.02 Å². The Balaban J connectivity index is 0.00000264. The monoisotopic (exact) mass is 395 g/mol. The molecule has 0 aliphatic carbocycles. The molecule has 1 fully saturated rings. The molecule has 1 aliphatic heterocycles. The van der Waals surface area contributed by atoms with Crippen LogP contribution in [-0.4, -0.2) is 47.9 Å². The van der Waals surface area contributed by atoms with Crippen molar-refractivity contribution >= 4 is 42.3 Å². The molecule has 0 unspecified atom stereocenters. The molecular formula is C17H28Cl3N3O. The Hall–Kier alpha value is -0.520. The van der Waals surface area contributed by atoms with Crippen LogP contribution in [0.15, 0.2) is 24.3 Å². The molecule has 2 N–H and O–H groups in total. The number of benzene rings is 1. The van der Waals surface area contributed by atoms with Gasteiger partial charge in [-0.25, -0.2) is 0 Å². The summed E-state index contributed by atoms with van der Waals surface area (Å²) in [6.45, 7) is 8.33. The van der Waals surface area contributed by atoms with Crippen molar-refractivity contribution in [2.24, 2.45) is 11.7 Å². The highest BCUT2D eigenvalue weighted by atomic mass is 35.5. The molecule has 0 aromatic heterocycles. The van der Waals surface area contributed by atoms with Gasteiger partial charge in [-0.2, -0.15) is 0 Å². The molecule has 1 aromatic carbocycles. The largest absolute Gasteiger partial charge is 0.340 e. The Morgan fingerprint density at radius 3 is 2.33 bits per heavy atom. The molecule has 24 heavy (non-hydrogen) atoms. The van der Waals surface area contributed by atoms with Crippen LogP contribution in [0.4, 0.5) is 0 Å². The van der Waals surface area contributed by atoms with Crippen LogP contribution in [0.1, 0.15) is 25.8 Å². The van der Waals surface area contributed by atoms with Crippen molar-refractivity contribution in [3.8, 4) is 0 Å². The minimum Gasteiger partial charge on any atom is -0.340 e. The lowest BCUT2D eigenvalue weighted by Gasteiger charge is -2.26. The van der Waals surface area contributed by atoms with Crippen molar-refractivity contribution < 1.29 is 4.79 Å². The maximum atomic E-state index is 12.4.